The van der Waals surface area contributed by atoms with Gasteiger partial charge in [0.25, 0.3) is 0 Å². The zero-order chi connectivity index (χ0) is 9.97. The number of hydrogen-bond donors (Lipinski definition) is 1. The van der Waals surface area contributed by atoms with Crippen LogP contribution in [-0.4, -0.2) is 19.8 Å². The molecule has 0 saturated carbocycles. The number of benzene rings is 1. The average molecular weight is 195 g/mol. The van der Waals surface area contributed by atoms with Gasteiger partial charge in [-0.25, -0.2) is 4.39 Å². The standard InChI is InChI=1S/C11H14FNO/c1-8-6-9(12)2-3-10(8)11-7-14-5-4-13-11/h2-3,6,11,13H,4-5,7H2,1H3/t11-/m1/s1. The van der Waals surface area contributed by atoms with Crippen molar-refractivity contribution in [3.8, 4) is 0 Å². The second-order valence-corrected chi connectivity index (χ2v) is 3.58. The smallest absolute Gasteiger partial charge is 0.123 e. The number of morpholine rings is 1. The van der Waals surface area contributed by atoms with Crippen LogP contribution in [0.1, 0.15) is 17.2 Å². The summed E-state index contributed by atoms with van der Waals surface area (Å²) in [7, 11) is 0. The van der Waals surface area contributed by atoms with E-state index < -0.39 is 0 Å². The van der Waals surface area contributed by atoms with Crippen molar-refractivity contribution >= 4 is 0 Å². The van der Waals surface area contributed by atoms with Crippen molar-refractivity contribution in [2.75, 3.05) is 19.8 Å². The second kappa shape index (κ2) is 4.07. The maximum absolute atomic E-state index is 12.9. The first-order valence-electron chi connectivity index (χ1n) is 4.84. The molecule has 1 fully saturated rings. The summed E-state index contributed by atoms with van der Waals surface area (Å²) in [4.78, 5) is 0. The van der Waals surface area contributed by atoms with E-state index in [9.17, 15) is 4.39 Å². The highest BCUT2D eigenvalue weighted by molar-refractivity contribution is 5.29. The Bertz CT molecular complexity index is 321. The van der Waals surface area contributed by atoms with Crippen molar-refractivity contribution in [2.45, 2.75) is 13.0 Å². The molecule has 76 valence electrons. The van der Waals surface area contributed by atoms with Crippen LogP contribution < -0.4 is 5.32 Å². The summed E-state index contributed by atoms with van der Waals surface area (Å²) in [6.45, 7) is 4.22. The lowest BCUT2D eigenvalue weighted by Gasteiger charge is -2.25. The summed E-state index contributed by atoms with van der Waals surface area (Å²) in [6.07, 6.45) is 0. The van der Waals surface area contributed by atoms with Crippen molar-refractivity contribution in [3.05, 3.63) is 35.1 Å². The van der Waals surface area contributed by atoms with Gasteiger partial charge in [-0.3, -0.25) is 0 Å². The van der Waals surface area contributed by atoms with Gasteiger partial charge in [-0.05, 0) is 30.2 Å². The normalized spacial score (nSPS) is 22.3. The number of ether oxygens (including phenoxy) is 1. The van der Waals surface area contributed by atoms with Crippen LogP contribution in [0.2, 0.25) is 0 Å². The predicted octanol–water partition coefficient (Wildman–Crippen LogP) is 1.80. The third-order valence-electron chi connectivity index (χ3n) is 2.53. The predicted molar refractivity (Wildman–Crippen MR) is 52.7 cm³/mol. The lowest BCUT2D eigenvalue weighted by atomic mass is 10.0. The van der Waals surface area contributed by atoms with Crippen molar-refractivity contribution in [1.82, 2.24) is 5.32 Å². The van der Waals surface area contributed by atoms with Crippen molar-refractivity contribution in [1.29, 1.82) is 0 Å². The van der Waals surface area contributed by atoms with Crippen LogP contribution >= 0.6 is 0 Å². The Balaban J connectivity index is 2.22. The summed E-state index contributed by atoms with van der Waals surface area (Å²) in [6, 6.07) is 5.10. The minimum absolute atomic E-state index is 0.178. The van der Waals surface area contributed by atoms with Gasteiger partial charge in [0.2, 0.25) is 0 Å². The lowest BCUT2D eigenvalue weighted by molar-refractivity contribution is 0.0766. The molecule has 14 heavy (non-hydrogen) atoms. The van der Waals surface area contributed by atoms with Gasteiger partial charge in [-0.2, -0.15) is 0 Å². The highest BCUT2D eigenvalue weighted by Crippen LogP contribution is 2.20. The van der Waals surface area contributed by atoms with Gasteiger partial charge in [-0.1, -0.05) is 6.07 Å². The molecule has 2 nitrogen and oxygen atoms in total. The SMILES string of the molecule is Cc1cc(F)ccc1[C@H]1COCCN1. The molecule has 1 aromatic rings. The lowest BCUT2D eigenvalue weighted by Crippen LogP contribution is -2.34. The molecule has 0 aliphatic carbocycles. The third-order valence-corrected chi connectivity index (χ3v) is 2.53. The maximum Gasteiger partial charge on any atom is 0.123 e. The Morgan fingerprint density at radius 1 is 1.50 bits per heavy atom. The Labute approximate surface area is 83.1 Å². The molecule has 1 aromatic carbocycles. The first kappa shape index (κ1) is 9.62. The first-order valence-corrected chi connectivity index (χ1v) is 4.84. The summed E-state index contributed by atoms with van der Waals surface area (Å²) in [5.74, 6) is -0.178. The zero-order valence-corrected chi connectivity index (χ0v) is 8.22. The van der Waals surface area contributed by atoms with Crippen LogP contribution in [0.4, 0.5) is 4.39 Å². The van der Waals surface area contributed by atoms with E-state index in [0.29, 0.717) is 6.61 Å². The van der Waals surface area contributed by atoms with Gasteiger partial charge in [0, 0.05) is 6.54 Å². The maximum atomic E-state index is 12.9. The number of aryl methyl sites for hydroxylation is 1. The Morgan fingerprint density at radius 3 is 3.00 bits per heavy atom. The van der Waals surface area contributed by atoms with Crippen LogP contribution in [0, 0.1) is 12.7 Å². The van der Waals surface area contributed by atoms with Gasteiger partial charge < -0.3 is 10.1 Å². The molecule has 1 N–H and O–H groups in total. The van der Waals surface area contributed by atoms with E-state index in [-0.39, 0.29) is 11.9 Å². The van der Waals surface area contributed by atoms with Gasteiger partial charge in [0.1, 0.15) is 5.82 Å². The molecule has 0 bridgehead atoms. The van der Waals surface area contributed by atoms with Crippen LogP contribution in [0.5, 0.6) is 0 Å². The molecule has 1 aliphatic heterocycles. The van der Waals surface area contributed by atoms with Crippen LogP contribution in [0.25, 0.3) is 0 Å². The van der Waals surface area contributed by atoms with E-state index in [4.69, 9.17) is 4.74 Å². The Hall–Kier alpha value is -0.930. The molecule has 2 rings (SSSR count). The van der Waals surface area contributed by atoms with Crippen molar-refractivity contribution in [3.63, 3.8) is 0 Å². The van der Waals surface area contributed by atoms with Crippen LogP contribution in [0.15, 0.2) is 18.2 Å². The third kappa shape index (κ3) is 1.94. The highest BCUT2D eigenvalue weighted by atomic mass is 19.1. The topological polar surface area (TPSA) is 21.3 Å². The van der Waals surface area contributed by atoms with Gasteiger partial charge in [-0.15, -0.1) is 0 Å². The van der Waals surface area contributed by atoms with E-state index in [1.165, 1.54) is 6.07 Å². The summed E-state index contributed by atoms with van der Waals surface area (Å²) < 4.78 is 18.2. The second-order valence-electron chi connectivity index (χ2n) is 3.58. The Kier molecular flexibility index (Phi) is 2.79. The molecule has 0 spiro atoms. The van der Waals surface area contributed by atoms with E-state index in [0.717, 1.165) is 24.3 Å². The summed E-state index contributed by atoms with van der Waals surface area (Å²) >= 11 is 0. The number of hydrogen-bond acceptors (Lipinski definition) is 2. The van der Waals surface area contributed by atoms with E-state index in [1.54, 1.807) is 6.07 Å². The molecule has 0 aromatic heterocycles. The fourth-order valence-electron chi connectivity index (χ4n) is 1.80. The molecule has 1 saturated heterocycles. The molecular weight excluding hydrogens is 181 g/mol. The van der Waals surface area contributed by atoms with E-state index in [2.05, 4.69) is 5.32 Å². The fraction of sp³-hybridized carbons (Fsp3) is 0.455. The largest absolute Gasteiger partial charge is 0.378 e. The number of rotatable bonds is 1. The van der Waals surface area contributed by atoms with Crippen molar-refractivity contribution < 1.29 is 9.13 Å². The number of nitrogens with one attached hydrogen (secondary N) is 1. The van der Waals surface area contributed by atoms with Crippen LogP contribution in [-0.2, 0) is 4.74 Å². The molecular formula is C11H14FNO. The van der Waals surface area contributed by atoms with E-state index >= 15 is 0 Å². The monoisotopic (exact) mass is 195 g/mol. The minimum Gasteiger partial charge on any atom is -0.378 e. The fourth-order valence-corrected chi connectivity index (χ4v) is 1.80. The summed E-state index contributed by atoms with van der Waals surface area (Å²) in [5.41, 5.74) is 2.11. The molecule has 0 radical (unpaired) electrons. The minimum atomic E-state index is -0.178. The van der Waals surface area contributed by atoms with Gasteiger partial charge in [0.15, 0.2) is 0 Å². The van der Waals surface area contributed by atoms with Gasteiger partial charge >= 0.3 is 0 Å². The average Bonchev–Trinajstić information content (AvgIpc) is 2.19. The molecule has 0 unspecified atom stereocenters. The zero-order valence-electron chi connectivity index (χ0n) is 8.22. The first-order chi connectivity index (χ1) is 6.77. The summed E-state index contributed by atoms with van der Waals surface area (Å²) in [5, 5.41) is 3.35. The Morgan fingerprint density at radius 2 is 2.36 bits per heavy atom. The van der Waals surface area contributed by atoms with Crippen molar-refractivity contribution in [2.24, 2.45) is 0 Å². The molecule has 3 heteroatoms. The highest BCUT2D eigenvalue weighted by Gasteiger charge is 2.16. The molecule has 1 heterocycles. The number of halogens is 1. The molecule has 1 aliphatic rings. The quantitative estimate of drug-likeness (QED) is 0.737. The molecule has 0 amide bonds. The molecule has 1 atom stereocenters. The van der Waals surface area contributed by atoms with Crippen LogP contribution in [0.3, 0.4) is 0 Å². The van der Waals surface area contributed by atoms with E-state index in [1.807, 2.05) is 13.0 Å². The van der Waals surface area contributed by atoms with Gasteiger partial charge in [0.05, 0.1) is 19.3 Å².